The third-order valence-electron chi connectivity index (χ3n) is 9.73. The summed E-state index contributed by atoms with van der Waals surface area (Å²) in [6, 6.07) is 12.2. The minimum atomic E-state index is -4.31. The van der Waals surface area contributed by atoms with E-state index in [0.29, 0.717) is 54.9 Å². The fourth-order valence-electron chi connectivity index (χ4n) is 7.55. The maximum absolute atomic E-state index is 13.7. The first-order valence-corrected chi connectivity index (χ1v) is 20.2. The van der Waals surface area contributed by atoms with Crippen LogP contribution in [0.4, 0.5) is 10.5 Å². The number of aromatic nitrogens is 2. The average Bonchev–Trinajstić information content (AvgIpc) is 3.67. The van der Waals surface area contributed by atoms with Crippen LogP contribution in [0.1, 0.15) is 77.6 Å². The number of rotatable bonds is 8. The van der Waals surface area contributed by atoms with Crippen molar-refractivity contribution >= 4 is 45.3 Å². The maximum atomic E-state index is 13.7. The lowest BCUT2D eigenvalue weighted by Crippen LogP contribution is -2.47. The number of esters is 1. The molecule has 54 heavy (non-hydrogen) atoms. The second kappa shape index (κ2) is 15.1. The number of carbonyl (C=O) groups excluding carboxylic acids is 3. The minimum Gasteiger partial charge on any atom is -0.490 e. The molecule has 0 bridgehead atoms. The van der Waals surface area contributed by atoms with Gasteiger partial charge in [0.1, 0.15) is 23.5 Å². The van der Waals surface area contributed by atoms with Crippen LogP contribution in [0.15, 0.2) is 53.6 Å². The second-order valence-corrected chi connectivity index (χ2v) is 18.7. The summed E-state index contributed by atoms with van der Waals surface area (Å²) in [6.45, 7) is 13.0. The number of ether oxygens (including phenoxy) is 3. The molecule has 1 aliphatic carbocycles. The highest BCUT2D eigenvalue weighted by Crippen LogP contribution is 2.45. The van der Waals surface area contributed by atoms with E-state index in [-0.39, 0.29) is 35.3 Å². The zero-order valence-electron chi connectivity index (χ0n) is 31.8. The largest absolute Gasteiger partial charge is 0.490 e. The van der Waals surface area contributed by atoms with E-state index in [1.54, 1.807) is 43.9 Å². The number of hydrogen-bond donors (Lipinski definition) is 1. The molecule has 0 saturated carbocycles. The molecule has 1 aromatic heterocycles. The second-order valence-electron chi connectivity index (χ2n) is 16.6. The quantitative estimate of drug-likeness (QED) is 0.284. The van der Waals surface area contributed by atoms with E-state index in [1.807, 2.05) is 32.9 Å². The lowest BCUT2D eigenvalue weighted by Gasteiger charge is -2.41. The molecule has 2 atom stereocenters. The van der Waals surface area contributed by atoms with Gasteiger partial charge in [-0.05, 0) is 121 Å². The first-order valence-electron chi connectivity index (χ1n) is 18.4. The molecule has 3 heterocycles. The van der Waals surface area contributed by atoms with Gasteiger partial charge in [0.15, 0.2) is 0 Å². The van der Waals surface area contributed by atoms with Gasteiger partial charge >= 0.3 is 12.1 Å². The van der Waals surface area contributed by atoms with Gasteiger partial charge in [0.2, 0.25) is 0 Å². The minimum absolute atomic E-state index is 0.0849. The summed E-state index contributed by atoms with van der Waals surface area (Å²) in [7, 11) is -4.31. The van der Waals surface area contributed by atoms with Crippen LogP contribution in [0.5, 0.6) is 5.75 Å². The van der Waals surface area contributed by atoms with Gasteiger partial charge in [-0.1, -0.05) is 17.7 Å². The Kier molecular flexibility index (Phi) is 11.0. The van der Waals surface area contributed by atoms with Gasteiger partial charge in [-0.2, -0.15) is 5.10 Å². The van der Waals surface area contributed by atoms with Crippen molar-refractivity contribution in [3.63, 3.8) is 0 Å². The van der Waals surface area contributed by atoms with Gasteiger partial charge in [0.25, 0.3) is 15.9 Å². The number of hydrogen-bond acceptors (Lipinski definition) is 10. The zero-order chi connectivity index (χ0) is 39.1. The average molecular weight is 784 g/mol. The number of nitrogens with one attached hydrogen (secondary N) is 1. The van der Waals surface area contributed by atoms with Gasteiger partial charge in [-0.25, -0.2) is 17.9 Å². The van der Waals surface area contributed by atoms with E-state index in [0.717, 1.165) is 25.7 Å². The van der Waals surface area contributed by atoms with Crippen LogP contribution in [0.2, 0.25) is 5.02 Å². The summed E-state index contributed by atoms with van der Waals surface area (Å²) >= 11 is 6.42. The highest BCUT2D eigenvalue weighted by Gasteiger charge is 2.43. The van der Waals surface area contributed by atoms with E-state index in [2.05, 4.69) is 20.8 Å². The lowest BCUT2D eigenvalue weighted by molar-refractivity contribution is -0.154. The van der Waals surface area contributed by atoms with Crippen LogP contribution >= 0.6 is 11.6 Å². The predicted octanol–water partition coefficient (Wildman–Crippen LogP) is 5.66. The predicted molar refractivity (Wildman–Crippen MR) is 203 cm³/mol. The van der Waals surface area contributed by atoms with E-state index in [1.165, 1.54) is 28.1 Å². The number of sulfonamides is 1. The number of halogens is 1. The van der Waals surface area contributed by atoms with E-state index in [4.69, 9.17) is 25.8 Å². The Morgan fingerprint density at radius 1 is 1.04 bits per heavy atom. The molecule has 0 radical (unpaired) electrons. The van der Waals surface area contributed by atoms with Gasteiger partial charge in [-0.3, -0.25) is 14.3 Å². The summed E-state index contributed by atoms with van der Waals surface area (Å²) < 4.78 is 48.4. The van der Waals surface area contributed by atoms with Gasteiger partial charge in [0.05, 0.1) is 29.3 Å². The van der Waals surface area contributed by atoms with Crippen molar-refractivity contribution in [1.82, 2.24) is 19.4 Å². The maximum Gasteiger partial charge on any atom is 0.410 e. The summed E-state index contributed by atoms with van der Waals surface area (Å²) in [5.74, 6) is -0.635. The monoisotopic (exact) mass is 783 g/mol. The standard InChI is InChI=1S/C39H50ClN5O8S/c1-37(2,3)52-35(47)19-29-14-17-45(41-29)23-34(46)42-54(49,50)30-10-12-33-32(20-30)44(22-26-13-16-43(21-26)36(48)53-38(4,5)6)24-39(25-51-33)15-7-8-27-18-28(40)9-11-31(27)39/h9-12,14,17-18,20,26H,7-8,13,15-16,19,21-25H2,1-6H3,(H,42,46)/t26?,39-/m0/s1. The number of amides is 2. The van der Waals surface area contributed by atoms with Crippen molar-refractivity contribution in [2.45, 2.75) is 102 Å². The van der Waals surface area contributed by atoms with E-state index in [9.17, 15) is 22.8 Å². The van der Waals surface area contributed by atoms with Crippen molar-refractivity contribution in [3.8, 4) is 5.75 Å². The van der Waals surface area contributed by atoms with Crippen LogP contribution < -0.4 is 14.4 Å². The van der Waals surface area contributed by atoms with Crippen molar-refractivity contribution in [3.05, 3.63) is 70.5 Å². The number of fused-ring (bicyclic) bond motifs is 3. The Balaban J connectivity index is 1.23. The number of benzene rings is 2. The molecule has 2 aliphatic heterocycles. The Hall–Kier alpha value is -4.30. The van der Waals surface area contributed by atoms with Gasteiger partial charge in [0, 0.05) is 42.8 Å². The Morgan fingerprint density at radius 2 is 1.80 bits per heavy atom. The fraction of sp³-hybridized carbons (Fsp3) is 0.538. The SMILES string of the molecule is CC(C)(C)OC(=O)Cc1ccn(CC(=O)NS(=O)(=O)c2ccc3c(c2)N(CC2CCN(C(=O)OC(C)(C)C)C2)C[C@@]2(CCCc4cc(Cl)ccc42)CO3)n1. The van der Waals surface area contributed by atoms with Gasteiger partial charge < -0.3 is 24.0 Å². The summed E-state index contributed by atoms with van der Waals surface area (Å²) in [4.78, 5) is 42.0. The number of anilines is 1. The number of likely N-dealkylation sites (tertiary alicyclic amines) is 1. The summed E-state index contributed by atoms with van der Waals surface area (Å²) in [6.07, 6.45) is 4.55. The molecule has 2 amide bonds. The topological polar surface area (TPSA) is 149 Å². The fourth-order valence-corrected chi connectivity index (χ4v) is 8.74. The van der Waals surface area contributed by atoms with Crippen molar-refractivity contribution in [2.75, 3.05) is 37.7 Å². The number of carbonyl (C=O) groups is 3. The molecule has 15 heteroatoms. The molecule has 1 N–H and O–H groups in total. The summed E-state index contributed by atoms with van der Waals surface area (Å²) in [5, 5.41) is 4.92. The normalized spacial score (nSPS) is 20.1. The van der Waals surface area contributed by atoms with Crippen LogP contribution in [0.3, 0.4) is 0 Å². The molecule has 13 nitrogen and oxygen atoms in total. The van der Waals surface area contributed by atoms with E-state index >= 15 is 0 Å². The Morgan fingerprint density at radius 3 is 2.54 bits per heavy atom. The van der Waals surface area contributed by atoms with E-state index < -0.39 is 33.1 Å². The van der Waals surface area contributed by atoms with Crippen molar-refractivity contribution in [2.24, 2.45) is 5.92 Å². The van der Waals surface area contributed by atoms with Crippen molar-refractivity contribution < 1.29 is 37.0 Å². The highest BCUT2D eigenvalue weighted by atomic mass is 35.5. The zero-order valence-corrected chi connectivity index (χ0v) is 33.4. The third kappa shape index (κ3) is 9.49. The van der Waals surface area contributed by atoms with Crippen LogP contribution in [-0.2, 0) is 53.9 Å². The molecule has 1 spiro atoms. The highest BCUT2D eigenvalue weighted by molar-refractivity contribution is 7.90. The summed E-state index contributed by atoms with van der Waals surface area (Å²) in [5.41, 5.74) is 1.69. The number of aryl methyl sites for hydroxylation is 1. The molecule has 6 rings (SSSR count). The molecule has 3 aromatic rings. The molecular formula is C39H50ClN5O8S. The molecule has 3 aliphatic rings. The van der Waals surface area contributed by atoms with Crippen LogP contribution in [-0.4, -0.2) is 85.1 Å². The molecular weight excluding hydrogens is 734 g/mol. The third-order valence-corrected chi connectivity index (χ3v) is 11.3. The van der Waals surface area contributed by atoms with Crippen LogP contribution in [0, 0.1) is 5.92 Å². The van der Waals surface area contributed by atoms with Crippen molar-refractivity contribution in [1.29, 1.82) is 0 Å². The molecule has 1 unspecified atom stereocenters. The molecule has 292 valence electrons. The Bertz CT molecular complexity index is 2020. The Labute approximate surface area is 322 Å². The first-order chi connectivity index (χ1) is 25.3. The number of nitrogens with zero attached hydrogens (tertiary/aromatic N) is 4. The smallest absolute Gasteiger partial charge is 0.410 e. The van der Waals surface area contributed by atoms with Crippen LogP contribution in [0.25, 0.3) is 0 Å². The van der Waals surface area contributed by atoms with Gasteiger partial charge in [-0.15, -0.1) is 0 Å². The molecule has 2 aromatic carbocycles. The lowest BCUT2D eigenvalue weighted by atomic mass is 9.70. The first kappa shape index (κ1) is 39.4. The molecule has 1 saturated heterocycles. The molecule has 1 fully saturated rings.